The van der Waals surface area contributed by atoms with E-state index in [9.17, 15) is 0 Å². The highest BCUT2D eigenvalue weighted by atomic mass is 16.5. The third-order valence-electron chi connectivity index (χ3n) is 3.95. The molecule has 104 valence electrons. The van der Waals surface area contributed by atoms with Gasteiger partial charge in [-0.25, -0.2) is 0 Å². The van der Waals surface area contributed by atoms with Crippen LogP contribution in [0.25, 0.3) is 0 Å². The fourth-order valence-electron chi connectivity index (χ4n) is 1.95. The molecule has 0 fully saturated rings. The zero-order chi connectivity index (χ0) is 13.5. The van der Waals surface area contributed by atoms with Gasteiger partial charge in [0.15, 0.2) is 0 Å². The fraction of sp³-hybridized carbons (Fsp3) is 1.00. The lowest BCUT2D eigenvalue weighted by molar-refractivity contribution is 0.00972. The second-order valence-corrected chi connectivity index (χ2v) is 6.17. The molecule has 0 amide bonds. The van der Waals surface area contributed by atoms with Gasteiger partial charge in [0.1, 0.15) is 0 Å². The molecule has 0 aliphatic carbocycles. The van der Waals surface area contributed by atoms with Crippen LogP contribution in [-0.4, -0.2) is 25.3 Å². The molecule has 0 radical (unpaired) electrons. The summed E-state index contributed by atoms with van der Waals surface area (Å²) in [6, 6.07) is 0.615. The molecule has 0 aromatic rings. The Morgan fingerprint density at radius 1 is 1.18 bits per heavy atom. The van der Waals surface area contributed by atoms with Crippen LogP contribution < -0.4 is 5.32 Å². The zero-order valence-corrected chi connectivity index (χ0v) is 13.0. The van der Waals surface area contributed by atoms with E-state index in [0.717, 1.165) is 18.9 Å². The van der Waals surface area contributed by atoms with Gasteiger partial charge in [-0.05, 0) is 51.5 Å². The van der Waals surface area contributed by atoms with Crippen LogP contribution in [0.15, 0.2) is 0 Å². The predicted octanol–water partition coefficient (Wildman–Crippen LogP) is 3.85. The molecule has 0 rings (SSSR count). The molecular weight excluding hydrogens is 210 g/mol. The molecule has 0 saturated carbocycles. The first-order chi connectivity index (χ1) is 7.84. The maximum atomic E-state index is 5.50. The van der Waals surface area contributed by atoms with Crippen molar-refractivity contribution in [1.29, 1.82) is 0 Å². The summed E-state index contributed by atoms with van der Waals surface area (Å²) in [4.78, 5) is 0. The monoisotopic (exact) mass is 243 g/mol. The van der Waals surface area contributed by atoms with Crippen molar-refractivity contribution in [2.24, 2.45) is 11.8 Å². The van der Waals surface area contributed by atoms with E-state index in [1.807, 2.05) is 0 Å². The number of rotatable bonds is 9. The van der Waals surface area contributed by atoms with Crippen LogP contribution in [0.2, 0.25) is 0 Å². The van der Waals surface area contributed by atoms with Crippen molar-refractivity contribution in [3.63, 3.8) is 0 Å². The second-order valence-electron chi connectivity index (χ2n) is 6.17. The van der Waals surface area contributed by atoms with Crippen LogP contribution in [-0.2, 0) is 4.74 Å². The Balaban J connectivity index is 4.28. The summed E-state index contributed by atoms with van der Waals surface area (Å²) in [5, 5.41) is 3.69. The molecule has 0 aliphatic rings. The minimum absolute atomic E-state index is 0.00282. The van der Waals surface area contributed by atoms with Gasteiger partial charge in [-0.1, -0.05) is 27.7 Å². The summed E-state index contributed by atoms with van der Waals surface area (Å²) in [6.45, 7) is 14.7. The lowest BCUT2D eigenvalue weighted by atomic mass is 9.85. The molecule has 0 aromatic carbocycles. The average Bonchev–Trinajstić information content (AvgIpc) is 2.28. The van der Waals surface area contributed by atoms with Gasteiger partial charge in [0, 0.05) is 13.2 Å². The van der Waals surface area contributed by atoms with Crippen molar-refractivity contribution in [3.05, 3.63) is 0 Å². The van der Waals surface area contributed by atoms with Crippen molar-refractivity contribution < 1.29 is 4.74 Å². The van der Waals surface area contributed by atoms with E-state index in [1.54, 1.807) is 7.11 Å². The largest absolute Gasteiger partial charge is 0.379 e. The van der Waals surface area contributed by atoms with Gasteiger partial charge in [0.25, 0.3) is 0 Å². The molecule has 1 N–H and O–H groups in total. The lowest BCUT2D eigenvalue weighted by Crippen LogP contribution is -2.39. The normalized spacial score (nSPS) is 16.2. The highest BCUT2D eigenvalue weighted by Crippen LogP contribution is 2.23. The van der Waals surface area contributed by atoms with Crippen molar-refractivity contribution in [1.82, 2.24) is 5.32 Å². The first-order valence-electron chi connectivity index (χ1n) is 7.12. The molecule has 17 heavy (non-hydrogen) atoms. The average molecular weight is 243 g/mol. The summed E-state index contributed by atoms with van der Waals surface area (Å²) < 4.78 is 5.50. The van der Waals surface area contributed by atoms with Gasteiger partial charge in [0.2, 0.25) is 0 Å². The summed E-state index contributed by atoms with van der Waals surface area (Å²) >= 11 is 0. The number of hydrogen-bond acceptors (Lipinski definition) is 2. The predicted molar refractivity (Wildman–Crippen MR) is 76.4 cm³/mol. The van der Waals surface area contributed by atoms with Gasteiger partial charge < -0.3 is 10.1 Å². The summed E-state index contributed by atoms with van der Waals surface area (Å²) in [5.41, 5.74) is 0.00282. The first-order valence-corrected chi connectivity index (χ1v) is 7.12. The van der Waals surface area contributed by atoms with Crippen LogP contribution in [0.4, 0.5) is 0 Å². The van der Waals surface area contributed by atoms with Gasteiger partial charge in [-0.3, -0.25) is 0 Å². The van der Waals surface area contributed by atoms with E-state index in [1.165, 1.54) is 12.8 Å². The number of nitrogens with one attached hydrogen (secondary N) is 1. The lowest BCUT2D eigenvalue weighted by Gasteiger charge is -2.31. The summed E-state index contributed by atoms with van der Waals surface area (Å²) in [5.74, 6) is 1.45. The van der Waals surface area contributed by atoms with Crippen LogP contribution >= 0.6 is 0 Å². The van der Waals surface area contributed by atoms with Gasteiger partial charge in [-0.2, -0.15) is 0 Å². The van der Waals surface area contributed by atoms with Crippen LogP contribution in [0.5, 0.6) is 0 Å². The standard InChI is InChI=1S/C15H33NO/c1-8-11-16-14(13(4)12(2)3)9-10-15(5,6)17-7/h12-14,16H,8-11H2,1-7H3. The molecular formula is C15H33NO. The Kier molecular flexibility index (Phi) is 8.06. The molecule has 2 nitrogen and oxygen atoms in total. The minimum Gasteiger partial charge on any atom is -0.379 e. The van der Waals surface area contributed by atoms with Gasteiger partial charge in [0.05, 0.1) is 5.60 Å². The Hall–Kier alpha value is -0.0800. The topological polar surface area (TPSA) is 21.3 Å². The highest BCUT2D eigenvalue weighted by molar-refractivity contribution is 4.79. The molecule has 2 atom stereocenters. The van der Waals surface area contributed by atoms with Crippen molar-refractivity contribution in [3.8, 4) is 0 Å². The van der Waals surface area contributed by atoms with Gasteiger partial charge in [-0.15, -0.1) is 0 Å². The van der Waals surface area contributed by atoms with E-state index in [0.29, 0.717) is 12.0 Å². The molecule has 0 bridgehead atoms. The van der Waals surface area contributed by atoms with E-state index < -0.39 is 0 Å². The Morgan fingerprint density at radius 2 is 1.76 bits per heavy atom. The third-order valence-corrected chi connectivity index (χ3v) is 3.95. The highest BCUT2D eigenvalue weighted by Gasteiger charge is 2.23. The maximum Gasteiger partial charge on any atom is 0.0623 e. The Labute approximate surface area is 109 Å². The maximum absolute atomic E-state index is 5.50. The SMILES string of the molecule is CCCNC(CCC(C)(C)OC)C(C)C(C)C. The molecule has 0 spiro atoms. The quantitative estimate of drug-likeness (QED) is 0.664. The van der Waals surface area contributed by atoms with Crippen molar-refractivity contribution in [2.75, 3.05) is 13.7 Å². The zero-order valence-electron chi connectivity index (χ0n) is 13.0. The molecule has 2 unspecified atom stereocenters. The molecule has 0 heterocycles. The second kappa shape index (κ2) is 8.10. The molecule has 0 aliphatic heterocycles. The number of hydrogen-bond donors (Lipinski definition) is 1. The summed E-state index contributed by atoms with van der Waals surface area (Å²) in [7, 11) is 1.81. The Bertz CT molecular complexity index is 189. The number of ether oxygens (including phenoxy) is 1. The van der Waals surface area contributed by atoms with Crippen LogP contribution in [0.3, 0.4) is 0 Å². The van der Waals surface area contributed by atoms with Crippen LogP contribution in [0, 0.1) is 11.8 Å². The van der Waals surface area contributed by atoms with Crippen LogP contribution in [0.1, 0.15) is 60.8 Å². The third kappa shape index (κ3) is 7.05. The molecule has 0 aromatic heterocycles. The van der Waals surface area contributed by atoms with E-state index in [4.69, 9.17) is 4.74 Å². The fourth-order valence-corrected chi connectivity index (χ4v) is 1.95. The van der Waals surface area contributed by atoms with E-state index in [-0.39, 0.29) is 5.60 Å². The van der Waals surface area contributed by atoms with Crippen molar-refractivity contribution >= 4 is 0 Å². The van der Waals surface area contributed by atoms with E-state index >= 15 is 0 Å². The van der Waals surface area contributed by atoms with Gasteiger partial charge >= 0.3 is 0 Å². The minimum atomic E-state index is 0.00282. The van der Waals surface area contributed by atoms with E-state index in [2.05, 4.69) is 46.9 Å². The van der Waals surface area contributed by atoms with Crippen molar-refractivity contribution in [2.45, 2.75) is 72.4 Å². The number of methoxy groups -OCH3 is 1. The smallest absolute Gasteiger partial charge is 0.0623 e. The first kappa shape index (κ1) is 16.9. The molecule has 2 heteroatoms. The summed E-state index contributed by atoms with van der Waals surface area (Å²) in [6.07, 6.45) is 3.51. The molecule has 0 saturated heterocycles. The Morgan fingerprint density at radius 3 is 2.18 bits per heavy atom.